The smallest absolute Gasteiger partial charge is 0.296 e. The molecule has 0 bridgehead atoms. The van der Waals surface area contributed by atoms with Gasteiger partial charge >= 0.3 is 0 Å². The summed E-state index contributed by atoms with van der Waals surface area (Å²) in [4.78, 5) is 31.8. The van der Waals surface area contributed by atoms with Crippen molar-refractivity contribution in [1.29, 1.82) is 0 Å². The molecule has 2 aromatic carbocycles. The van der Waals surface area contributed by atoms with Gasteiger partial charge in [0.15, 0.2) is 0 Å². The molecule has 2 heterocycles. The van der Waals surface area contributed by atoms with Crippen molar-refractivity contribution in [2.45, 2.75) is 26.4 Å². The number of ketones is 1. The summed E-state index contributed by atoms with van der Waals surface area (Å²) in [7, 11) is 0. The van der Waals surface area contributed by atoms with Gasteiger partial charge < -0.3 is 10.0 Å². The molecule has 4 rings (SSSR count). The summed E-state index contributed by atoms with van der Waals surface area (Å²) in [5, 5.41) is 11.2. The molecule has 1 amide bonds. The molecule has 150 valence electrons. The van der Waals surface area contributed by atoms with Crippen LogP contribution in [0.15, 0.2) is 78.5 Å². The lowest BCUT2D eigenvalue weighted by Crippen LogP contribution is -2.29. The number of hydrogen-bond donors (Lipinski definition) is 1. The maximum Gasteiger partial charge on any atom is 0.296 e. The third-order valence-corrected chi connectivity index (χ3v) is 5.36. The first-order valence-electron chi connectivity index (χ1n) is 9.78. The van der Waals surface area contributed by atoms with Gasteiger partial charge in [0.2, 0.25) is 0 Å². The van der Waals surface area contributed by atoms with E-state index < -0.39 is 17.7 Å². The average molecular weight is 398 g/mol. The van der Waals surface area contributed by atoms with Crippen molar-refractivity contribution in [3.05, 3.63) is 106 Å². The van der Waals surface area contributed by atoms with Gasteiger partial charge in [-0.3, -0.25) is 14.6 Å². The average Bonchev–Trinajstić information content (AvgIpc) is 3.01. The molecule has 0 radical (unpaired) electrons. The van der Waals surface area contributed by atoms with E-state index in [-0.39, 0.29) is 17.9 Å². The van der Waals surface area contributed by atoms with Gasteiger partial charge in [-0.25, -0.2) is 0 Å². The Morgan fingerprint density at radius 1 is 1.00 bits per heavy atom. The second-order valence-electron chi connectivity index (χ2n) is 7.48. The fourth-order valence-electron chi connectivity index (χ4n) is 3.83. The van der Waals surface area contributed by atoms with E-state index in [0.717, 1.165) is 16.7 Å². The minimum absolute atomic E-state index is 0.107. The van der Waals surface area contributed by atoms with Crippen LogP contribution in [0.25, 0.3) is 5.76 Å². The zero-order valence-corrected chi connectivity index (χ0v) is 16.9. The number of Topliss-reactive ketones (excluding diaryl/α,β-unsaturated/α-hetero) is 1. The highest BCUT2D eigenvalue weighted by atomic mass is 16.3. The summed E-state index contributed by atoms with van der Waals surface area (Å²) in [6.07, 6.45) is 1.65. The van der Waals surface area contributed by atoms with Crippen LogP contribution < -0.4 is 0 Å². The fraction of sp³-hybridized carbons (Fsp3) is 0.160. The molecule has 5 nitrogen and oxygen atoms in total. The maximum absolute atomic E-state index is 13.1. The van der Waals surface area contributed by atoms with Crippen molar-refractivity contribution in [2.75, 3.05) is 0 Å². The van der Waals surface area contributed by atoms with Crippen LogP contribution in [-0.4, -0.2) is 26.7 Å². The number of carbonyl (C=O) groups is 2. The van der Waals surface area contributed by atoms with Crippen molar-refractivity contribution < 1.29 is 14.7 Å². The number of aliphatic hydroxyl groups is 1. The molecule has 1 saturated heterocycles. The van der Waals surface area contributed by atoms with Gasteiger partial charge in [0.1, 0.15) is 5.76 Å². The molecule has 1 N–H and O–H groups in total. The molecule has 1 aliphatic heterocycles. The van der Waals surface area contributed by atoms with Crippen LogP contribution in [0.1, 0.15) is 34.0 Å². The first-order chi connectivity index (χ1) is 14.5. The molecule has 0 spiro atoms. The highest BCUT2D eigenvalue weighted by Crippen LogP contribution is 2.40. The van der Waals surface area contributed by atoms with E-state index in [9.17, 15) is 14.7 Å². The monoisotopic (exact) mass is 398 g/mol. The predicted octanol–water partition coefficient (Wildman–Crippen LogP) is 4.32. The Bertz CT molecular complexity index is 1140. The van der Waals surface area contributed by atoms with E-state index in [1.165, 1.54) is 4.90 Å². The van der Waals surface area contributed by atoms with Crippen LogP contribution >= 0.6 is 0 Å². The van der Waals surface area contributed by atoms with Crippen LogP contribution in [-0.2, 0) is 16.1 Å². The zero-order valence-electron chi connectivity index (χ0n) is 16.9. The quantitative estimate of drug-likeness (QED) is 0.404. The predicted molar refractivity (Wildman–Crippen MR) is 114 cm³/mol. The van der Waals surface area contributed by atoms with Crippen LogP contribution in [0, 0.1) is 13.8 Å². The van der Waals surface area contributed by atoms with Gasteiger partial charge in [-0.05, 0) is 43.2 Å². The number of benzene rings is 2. The number of likely N-dealkylation sites (tertiary alicyclic amines) is 1. The summed E-state index contributed by atoms with van der Waals surface area (Å²) in [5.41, 5.74) is 3.90. The zero-order chi connectivity index (χ0) is 21.3. The lowest BCUT2D eigenvalue weighted by molar-refractivity contribution is -0.140. The number of nitrogens with zero attached hydrogens (tertiary/aromatic N) is 2. The second-order valence-corrected chi connectivity index (χ2v) is 7.48. The van der Waals surface area contributed by atoms with Crippen LogP contribution in [0.4, 0.5) is 0 Å². The van der Waals surface area contributed by atoms with E-state index in [4.69, 9.17) is 0 Å². The van der Waals surface area contributed by atoms with Gasteiger partial charge in [0.25, 0.3) is 11.7 Å². The van der Waals surface area contributed by atoms with Crippen LogP contribution in [0.5, 0.6) is 0 Å². The normalized spacial score (nSPS) is 18.1. The standard InChI is InChI=1S/C25H22N2O3/c1-16-11-12-17(2)20(14-16)23(28)21-22(18-8-4-3-5-9-18)27(25(30)24(21)29)15-19-10-6-7-13-26-19/h3-14,22,28H,15H2,1-2H3/b23-21+. The van der Waals surface area contributed by atoms with Gasteiger partial charge in [0.05, 0.1) is 23.9 Å². The van der Waals surface area contributed by atoms with Crippen LogP contribution in [0.3, 0.4) is 0 Å². The summed E-state index contributed by atoms with van der Waals surface area (Å²) in [6.45, 7) is 3.97. The summed E-state index contributed by atoms with van der Waals surface area (Å²) >= 11 is 0. The molecule has 5 heteroatoms. The Hall–Kier alpha value is -3.73. The van der Waals surface area contributed by atoms with E-state index in [0.29, 0.717) is 11.3 Å². The van der Waals surface area contributed by atoms with E-state index in [1.54, 1.807) is 12.3 Å². The van der Waals surface area contributed by atoms with Crippen LogP contribution in [0.2, 0.25) is 0 Å². The van der Waals surface area contributed by atoms with Crippen molar-refractivity contribution >= 4 is 17.4 Å². The third kappa shape index (κ3) is 3.50. The molecule has 1 aromatic heterocycles. The SMILES string of the molecule is Cc1ccc(C)c(/C(O)=C2\C(=O)C(=O)N(Cc3ccccn3)C2c2ccccc2)c1. The highest BCUT2D eigenvalue weighted by Gasteiger charge is 2.46. The maximum atomic E-state index is 13.1. The van der Waals surface area contributed by atoms with Crippen molar-refractivity contribution in [3.63, 3.8) is 0 Å². The first kappa shape index (κ1) is 19.6. The number of carbonyl (C=O) groups excluding carboxylic acids is 2. The van der Waals surface area contributed by atoms with Crippen molar-refractivity contribution in [3.8, 4) is 0 Å². The molecule has 1 atom stereocenters. The Balaban J connectivity index is 1.89. The lowest BCUT2D eigenvalue weighted by atomic mass is 9.93. The molecule has 1 fully saturated rings. The van der Waals surface area contributed by atoms with Crippen molar-refractivity contribution in [1.82, 2.24) is 9.88 Å². The number of rotatable bonds is 4. The fourth-order valence-corrected chi connectivity index (χ4v) is 3.83. The molecule has 0 aliphatic carbocycles. The molecule has 30 heavy (non-hydrogen) atoms. The molecule has 3 aromatic rings. The van der Waals surface area contributed by atoms with Gasteiger partial charge in [-0.2, -0.15) is 0 Å². The highest BCUT2D eigenvalue weighted by molar-refractivity contribution is 6.46. The first-order valence-corrected chi connectivity index (χ1v) is 9.78. The number of aryl methyl sites for hydroxylation is 2. The molecule has 1 unspecified atom stereocenters. The van der Waals surface area contributed by atoms with E-state index >= 15 is 0 Å². The Morgan fingerprint density at radius 2 is 1.73 bits per heavy atom. The van der Waals surface area contributed by atoms with Gasteiger partial charge in [0, 0.05) is 11.8 Å². The van der Waals surface area contributed by atoms with E-state index in [1.807, 2.05) is 74.5 Å². The summed E-state index contributed by atoms with van der Waals surface area (Å²) in [6, 6.07) is 19.7. The van der Waals surface area contributed by atoms with Gasteiger partial charge in [-0.1, -0.05) is 54.1 Å². The van der Waals surface area contributed by atoms with Gasteiger partial charge in [-0.15, -0.1) is 0 Å². The summed E-state index contributed by atoms with van der Waals surface area (Å²) < 4.78 is 0. The third-order valence-electron chi connectivity index (χ3n) is 5.36. The largest absolute Gasteiger partial charge is 0.507 e. The molecular weight excluding hydrogens is 376 g/mol. The Kier molecular flexibility index (Phi) is 5.19. The minimum Gasteiger partial charge on any atom is -0.507 e. The van der Waals surface area contributed by atoms with Crippen molar-refractivity contribution in [2.24, 2.45) is 0 Å². The number of amides is 1. The number of aliphatic hydroxyl groups excluding tert-OH is 1. The Morgan fingerprint density at radius 3 is 2.43 bits per heavy atom. The minimum atomic E-state index is -0.687. The number of aromatic nitrogens is 1. The number of hydrogen-bond acceptors (Lipinski definition) is 4. The topological polar surface area (TPSA) is 70.5 Å². The second kappa shape index (κ2) is 7.95. The molecule has 1 aliphatic rings. The van der Waals surface area contributed by atoms with E-state index in [2.05, 4.69) is 4.98 Å². The molecule has 0 saturated carbocycles. The lowest BCUT2D eigenvalue weighted by Gasteiger charge is -2.25. The Labute approximate surface area is 175 Å². The summed E-state index contributed by atoms with van der Waals surface area (Å²) in [5.74, 6) is -1.47. The molecular formula is C25H22N2O3. The number of pyridine rings is 1.